The summed E-state index contributed by atoms with van der Waals surface area (Å²) in [6, 6.07) is 1.92. The van der Waals surface area contributed by atoms with Gasteiger partial charge in [-0.1, -0.05) is 24.6 Å². The Hall–Kier alpha value is -2.06. The number of rotatable bonds is 4. The first-order chi connectivity index (χ1) is 13.6. The quantitative estimate of drug-likeness (QED) is 0.501. The number of fused-ring (bicyclic) bond motifs is 3. The Morgan fingerprint density at radius 2 is 1.86 bits per heavy atom. The van der Waals surface area contributed by atoms with Crippen molar-refractivity contribution < 1.29 is 4.79 Å². The Morgan fingerprint density at radius 3 is 2.64 bits per heavy atom. The molecule has 0 aromatic carbocycles. The number of aryl methyl sites for hydroxylation is 4. The number of amides is 1. The second kappa shape index (κ2) is 8.53. The van der Waals surface area contributed by atoms with E-state index in [4.69, 9.17) is 0 Å². The SMILES string of the molecule is Cc1cc(C)nc(SCC(=O)Nc2ncnc3sc4c(c23)CCCCCC4)n1. The first-order valence-corrected chi connectivity index (χ1v) is 11.4. The molecule has 4 rings (SSSR count). The molecule has 1 aliphatic rings. The van der Waals surface area contributed by atoms with E-state index in [0.29, 0.717) is 11.0 Å². The number of hydrogen-bond acceptors (Lipinski definition) is 7. The number of carbonyl (C=O) groups is 1. The van der Waals surface area contributed by atoms with Crippen molar-refractivity contribution in [2.45, 2.75) is 57.5 Å². The zero-order chi connectivity index (χ0) is 19.5. The Kier molecular flexibility index (Phi) is 5.87. The molecule has 0 radical (unpaired) electrons. The van der Waals surface area contributed by atoms with E-state index in [-0.39, 0.29) is 11.7 Å². The Morgan fingerprint density at radius 1 is 1.11 bits per heavy atom. The van der Waals surface area contributed by atoms with Crippen LogP contribution in [0.4, 0.5) is 5.82 Å². The van der Waals surface area contributed by atoms with Crippen molar-refractivity contribution >= 4 is 45.0 Å². The minimum atomic E-state index is -0.0986. The van der Waals surface area contributed by atoms with Crippen LogP contribution in [0.15, 0.2) is 17.6 Å². The molecule has 0 saturated carbocycles. The highest BCUT2D eigenvalue weighted by molar-refractivity contribution is 7.99. The van der Waals surface area contributed by atoms with Crippen molar-refractivity contribution in [2.75, 3.05) is 11.1 Å². The summed E-state index contributed by atoms with van der Waals surface area (Å²) in [5.74, 6) is 0.786. The highest BCUT2D eigenvalue weighted by Gasteiger charge is 2.19. The minimum Gasteiger partial charge on any atom is -0.309 e. The van der Waals surface area contributed by atoms with Gasteiger partial charge in [0.2, 0.25) is 5.91 Å². The van der Waals surface area contributed by atoms with Crippen LogP contribution in [0.2, 0.25) is 0 Å². The summed E-state index contributed by atoms with van der Waals surface area (Å²) in [6.07, 6.45) is 8.64. The summed E-state index contributed by atoms with van der Waals surface area (Å²) in [5.41, 5.74) is 3.15. The average Bonchev–Trinajstić information content (AvgIpc) is 2.97. The number of carbonyl (C=O) groups excluding carboxylic acids is 1. The molecule has 0 saturated heterocycles. The topological polar surface area (TPSA) is 80.7 Å². The Bertz CT molecular complexity index is 997. The highest BCUT2D eigenvalue weighted by Crippen LogP contribution is 2.37. The molecule has 0 fully saturated rings. The largest absolute Gasteiger partial charge is 0.309 e. The maximum Gasteiger partial charge on any atom is 0.236 e. The molecule has 1 amide bonds. The molecule has 0 spiro atoms. The molecule has 0 aliphatic heterocycles. The highest BCUT2D eigenvalue weighted by atomic mass is 32.2. The van der Waals surface area contributed by atoms with E-state index in [0.717, 1.165) is 34.4 Å². The van der Waals surface area contributed by atoms with Crippen LogP contribution in [0.5, 0.6) is 0 Å². The molecule has 3 aromatic rings. The summed E-state index contributed by atoms with van der Waals surface area (Å²) < 4.78 is 0. The van der Waals surface area contributed by atoms with Crippen molar-refractivity contribution in [3.05, 3.63) is 34.2 Å². The summed E-state index contributed by atoms with van der Waals surface area (Å²) in [4.78, 5) is 32.6. The normalized spacial score (nSPS) is 14.4. The molecule has 8 heteroatoms. The average molecular weight is 414 g/mol. The molecular weight excluding hydrogens is 390 g/mol. The van der Waals surface area contributed by atoms with Crippen molar-refractivity contribution in [1.29, 1.82) is 0 Å². The number of nitrogens with one attached hydrogen (secondary N) is 1. The van der Waals surface area contributed by atoms with Gasteiger partial charge in [-0.05, 0) is 51.2 Å². The van der Waals surface area contributed by atoms with Gasteiger partial charge in [-0.25, -0.2) is 19.9 Å². The lowest BCUT2D eigenvalue weighted by Gasteiger charge is -2.11. The maximum atomic E-state index is 12.6. The molecule has 3 aromatic heterocycles. The van der Waals surface area contributed by atoms with E-state index in [1.807, 2.05) is 19.9 Å². The van der Waals surface area contributed by atoms with Gasteiger partial charge in [-0.3, -0.25) is 4.79 Å². The van der Waals surface area contributed by atoms with Crippen LogP contribution in [0.3, 0.4) is 0 Å². The van der Waals surface area contributed by atoms with Crippen molar-refractivity contribution in [3.8, 4) is 0 Å². The molecule has 3 heterocycles. The second-order valence-corrected chi connectivity index (χ2v) is 9.12. The summed E-state index contributed by atoms with van der Waals surface area (Å²) in [7, 11) is 0. The van der Waals surface area contributed by atoms with Gasteiger partial charge in [0.05, 0.1) is 11.1 Å². The van der Waals surface area contributed by atoms with Gasteiger partial charge in [0.25, 0.3) is 0 Å². The summed E-state index contributed by atoms with van der Waals surface area (Å²) >= 11 is 3.09. The number of aromatic nitrogens is 4. The number of anilines is 1. The predicted octanol–water partition coefficient (Wildman–Crippen LogP) is 4.49. The minimum absolute atomic E-state index is 0.0986. The third-order valence-electron chi connectivity index (χ3n) is 4.80. The van der Waals surface area contributed by atoms with Crippen LogP contribution in [-0.2, 0) is 17.6 Å². The predicted molar refractivity (Wildman–Crippen MR) is 114 cm³/mol. The Labute approximate surface area is 172 Å². The monoisotopic (exact) mass is 413 g/mol. The fourth-order valence-corrected chi connectivity index (χ4v) is 5.57. The lowest BCUT2D eigenvalue weighted by molar-refractivity contribution is -0.113. The van der Waals surface area contributed by atoms with Crippen LogP contribution in [0.1, 0.15) is 47.5 Å². The van der Waals surface area contributed by atoms with E-state index in [2.05, 4.69) is 25.3 Å². The lowest BCUT2D eigenvalue weighted by atomic mass is 9.98. The summed E-state index contributed by atoms with van der Waals surface area (Å²) in [5, 5.41) is 4.66. The van der Waals surface area contributed by atoms with Crippen LogP contribution in [0.25, 0.3) is 10.2 Å². The van der Waals surface area contributed by atoms with E-state index in [9.17, 15) is 4.79 Å². The van der Waals surface area contributed by atoms with E-state index in [1.54, 1.807) is 17.7 Å². The maximum absolute atomic E-state index is 12.6. The zero-order valence-corrected chi connectivity index (χ0v) is 17.8. The molecular formula is C20H23N5OS2. The van der Waals surface area contributed by atoms with Crippen LogP contribution >= 0.6 is 23.1 Å². The molecule has 28 heavy (non-hydrogen) atoms. The van der Waals surface area contributed by atoms with Gasteiger partial charge in [-0.2, -0.15) is 0 Å². The molecule has 1 N–H and O–H groups in total. The third-order valence-corrected chi connectivity index (χ3v) is 6.85. The van der Waals surface area contributed by atoms with Crippen LogP contribution in [-0.4, -0.2) is 31.6 Å². The van der Waals surface area contributed by atoms with Gasteiger partial charge in [0.1, 0.15) is 17.0 Å². The van der Waals surface area contributed by atoms with Gasteiger partial charge in [-0.15, -0.1) is 11.3 Å². The molecule has 146 valence electrons. The van der Waals surface area contributed by atoms with Gasteiger partial charge < -0.3 is 5.32 Å². The molecule has 6 nitrogen and oxygen atoms in total. The van der Waals surface area contributed by atoms with E-state index in [1.165, 1.54) is 47.9 Å². The Balaban J connectivity index is 1.53. The standard InChI is InChI=1S/C20H23N5OS2/c1-12-9-13(2)24-20(23-12)27-10-16(26)25-18-17-14-7-5-3-4-6-8-15(14)28-19(17)22-11-21-18/h9,11H,3-8,10H2,1-2H3,(H,21,22,25,26). The van der Waals surface area contributed by atoms with Gasteiger partial charge in [0, 0.05) is 16.3 Å². The molecule has 1 aliphatic carbocycles. The molecule has 0 unspecified atom stereocenters. The van der Waals surface area contributed by atoms with E-state index >= 15 is 0 Å². The van der Waals surface area contributed by atoms with Crippen molar-refractivity contribution in [2.24, 2.45) is 0 Å². The molecule has 0 atom stereocenters. The van der Waals surface area contributed by atoms with Gasteiger partial charge in [0.15, 0.2) is 5.16 Å². The van der Waals surface area contributed by atoms with Crippen LogP contribution < -0.4 is 5.32 Å². The van der Waals surface area contributed by atoms with Crippen LogP contribution in [0, 0.1) is 13.8 Å². The van der Waals surface area contributed by atoms with E-state index < -0.39 is 0 Å². The number of hydrogen-bond donors (Lipinski definition) is 1. The smallest absolute Gasteiger partial charge is 0.236 e. The summed E-state index contributed by atoms with van der Waals surface area (Å²) in [6.45, 7) is 3.86. The number of thiophene rings is 1. The first-order valence-electron chi connectivity index (χ1n) is 9.60. The lowest BCUT2D eigenvalue weighted by Crippen LogP contribution is -2.16. The van der Waals surface area contributed by atoms with Crippen molar-refractivity contribution in [1.82, 2.24) is 19.9 Å². The number of nitrogens with zero attached hydrogens (tertiary/aromatic N) is 4. The third kappa shape index (κ3) is 4.33. The zero-order valence-electron chi connectivity index (χ0n) is 16.1. The van der Waals surface area contributed by atoms with Gasteiger partial charge >= 0.3 is 0 Å². The fraction of sp³-hybridized carbons (Fsp3) is 0.450. The first kappa shape index (κ1) is 19.3. The fourth-order valence-electron chi connectivity index (χ4n) is 3.59. The molecule has 0 bridgehead atoms. The van der Waals surface area contributed by atoms with Crippen molar-refractivity contribution in [3.63, 3.8) is 0 Å². The second-order valence-electron chi connectivity index (χ2n) is 7.09. The number of thioether (sulfide) groups is 1.